The summed E-state index contributed by atoms with van der Waals surface area (Å²) >= 11 is 0. The third-order valence-corrected chi connectivity index (χ3v) is 4.94. The van der Waals surface area contributed by atoms with Gasteiger partial charge in [0.15, 0.2) is 5.96 Å². The van der Waals surface area contributed by atoms with Crippen molar-refractivity contribution in [2.45, 2.75) is 32.4 Å². The first kappa shape index (κ1) is 24.0. The van der Waals surface area contributed by atoms with E-state index in [9.17, 15) is 4.79 Å². The van der Waals surface area contributed by atoms with E-state index < -0.39 is 0 Å². The Labute approximate surface area is 196 Å². The highest BCUT2D eigenvalue weighted by Gasteiger charge is 2.23. The predicted molar refractivity (Wildman–Crippen MR) is 134 cm³/mol. The molecular weight excluding hydrogens is 489 g/mol. The summed E-state index contributed by atoms with van der Waals surface area (Å²) in [4.78, 5) is 19.0. The molecule has 30 heavy (non-hydrogen) atoms. The highest BCUT2D eigenvalue weighted by molar-refractivity contribution is 14.0. The zero-order chi connectivity index (χ0) is 20.3. The summed E-state index contributed by atoms with van der Waals surface area (Å²) in [5.74, 6) is 0.799. The maximum absolute atomic E-state index is 12.1. The number of nitrogens with zero attached hydrogens (tertiary/aromatic N) is 2. The monoisotopic (exact) mass is 521 g/mol. The average molecular weight is 521 g/mol. The van der Waals surface area contributed by atoms with E-state index in [4.69, 9.17) is 0 Å². The topological polar surface area (TPSA) is 68.8 Å². The van der Waals surface area contributed by atoms with E-state index >= 15 is 0 Å². The molecule has 0 radical (unpaired) electrons. The quantitative estimate of drug-likeness (QED) is 0.284. The third-order valence-electron chi connectivity index (χ3n) is 4.94. The van der Waals surface area contributed by atoms with Crippen LogP contribution >= 0.6 is 24.0 Å². The molecule has 7 heteroatoms. The standard InChI is InChI=1S/C23H31N5O.HI/c1-2-24-23(25-15-13-22(29)26-17-19-9-5-3-6-10-19)27-20-14-16-28(18-20)21-11-7-4-8-12-21;/h3-12,20H,2,13-18H2,1H3,(H,26,29)(H2,24,25,27);1H. The summed E-state index contributed by atoms with van der Waals surface area (Å²) < 4.78 is 0. The second-order valence-electron chi connectivity index (χ2n) is 7.18. The largest absolute Gasteiger partial charge is 0.369 e. The molecule has 1 fully saturated rings. The van der Waals surface area contributed by atoms with E-state index in [1.807, 2.05) is 36.4 Å². The molecule has 1 saturated heterocycles. The van der Waals surface area contributed by atoms with Crippen LogP contribution in [-0.2, 0) is 11.3 Å². The van der Waals surface area contributed by atoms with Gasteiger partial charge in [0.2, 0.25) is 5.91 Å². The number of hydrogen-bond acceptors (Lipinski definition) is 3. The van der Waals surface area contributed by atoms with Crippen LogP contribution in [0, 0.1) is 0 Å². The maximum Gasteiger partial charge on any atom is 0.222 e. The predicted octanol–water partition coefficient (Wildman–Crippen LogP) is 3.14. The summed E-state index contributed by atoms with van der Waals surface area (Å²) in [5.41, 5.74) is 2.36. The van der Waals surface area contributed by atoms with Crippen molar-refractivity contribution in [3.05, 3.63) is 66.2 Å². The lowest BCUT2D eigenvalue weighted by molar-refractivity contribution is -0.121. The van der Waals surface area contributed by atoms with Crippen molar-refractivity contribution in [2.75, 3.05) is 31.1 Å². The molecule has 1 unspecified atom stereocenters. The summed E-state index contributed by atoms with van der Waals surface area (Å²) in [6.45, 7) is 5.84. The summed E-state index contributed by atoms with van der Waals surface area (Å²) in [6.07, 6.45) is 1.45. The van der Waals surface area contributed by atoms with Crippen molar-refractivity contribution in [2.24, 2.45) is 4.99 Å². The van der Waals surface area contributed by atoms with Crippen LogP contribution in [0.5, 0.6) is 0 Å². The molecule has 162 valence electrons. The Morgan fingerprint density at radius 1 is 1.07 bits per heavy atom. The Bertz CT molecular complexity index is 785. The van der Waals surface area contributed by atoms with Crippen molar-refractivity contribution in [1.29, 1.82) is 0 Å². The van der Waals surface area contributed by atoms with E-state index in [0.717, 1.165) is 37.6 Å². The first-order valence-electron chi connectivity index (χ1n) is 10.4. The average Bonchev–Trinajstić information content (AvgIpc) is 3.22. The fraction of sp³-hybridized carbons (Fsp3) is 0.391. The molecule has 0 aliphatic carbocycles. The molecule has 0 aromatic heterocycles. The molecule has 2 aromatic carbocycles. The van der Waals surface area contributed by atoms with E-state index in [-0.39, 0.29) is 29.9 Å². The number of halogens is 1. The van der Waals surface area contributed by atoms with Crippen LogP contribution in [0.3, 0.4) is 0 Å². The lowest BCUT2D eigenvalue weighted by Crippen LogP contribution is -2.44. The van der Waals surface area contributed by atoms with Gasteiger partial charge in [0.1, 0.15) is 0 Å². The van der Waals surface area contributed by atoms with Gasteiger partial charge in [0, 0.05) is 44.3 Å². The highest BCUT2D eigenvalue weighted by atomic mass is 127. The first-order chi connectivity index (χ1) is 14.2. The smallest absolute Gasteiger partial charge is 0.222 e. The van der Waals surface area contributed by atoms with Crippen LogP contribution in [0.25, 0.3) is 0 Å². The number of amides is 1. The van der Waals surface area contributed by atoms with Crippen LogP contribution in [0.4, 0.5) is 5.69 Å². The van der Waals surface area contributed by atoms with Crippen LogP contribution in [0.15, 0.2) is 65.7 Å². The molecule has 0 spiro atoms. The number of guanidine groups is 1. The number of benzene rings is 2. The van der Waals surface area contributed by atoms with Gasteiger partial charge in [0.05, 0.1) is 6.54 Å². The van der Waals surface area contributed by atoms with E-state index in [1.54, 1.807) is 0 Å². The van der Waals surface area contributed by atoms with Gasteiger partial charge in [-0.15, -0.1) is 24.0 Å². The summed E-state index contributed by atoms with van der Waals surface area (Å²) in [7, 11) is 0. The number of hydrogen-bond donors (Lipinski definition) is 3. The van der Waals surface area contributed by atoms with E-state index in [0.29, 0.717) is 25.6 Å². The normalized spacial score (nSPS) is 16.0. The molecule has 3 N–H and O–H groups in total. The highest BCUT2D eigenvalue weighted by Crippen LogP contribution is 2.19. The number of aliphatic imine (C=N–C) groups is 1. The molecule has 0 saturated carbocycles. The van der Waals surface area contributed by atoms with Crippen molar-refractivity contribution in [3.8, 4) is 0 Å². The van der Waals surface area contributed by atoms with E-state index in [1.165, 1.54) is 5.69 Å². The van der Waals surface area contributed by atoms with Gasteiger partial charge >= 0.3 is 0 Å². The lowest BCUT2D eigenvalue weighted by Gasteiger charge is -2.20. The van der Waals surface area contributed by atoms with Crippen molar-refractivity contribution in [3.63, 3.8) is 0 Å². The third kappa shape index (κ3) is 7.85. The van der Waals surface area contributed by atoms with Crippen LogP contribution in [0.2, 0.25) is 0 Å². The molecule has 1 heterocycles. The number of anilines is 1. The number of rotatable bonds is 8. The number of carbonyl (C=O) groups excluding carboxylic acids is 1. The molecule has 1 aliphatic rings. The van der Waals surface area contributed by atoms with Gasteiger partial charge in [-0.05, 0) is 31.0 Å². The molecule has 2 aromatic rings. The Morgan fingerprint density at radius 2 is 1.77 bits per heavy atom. The summed E-state index contributed by atoms with van der Waals surface area (Å²) in [5, 5.41) is 9.74. The van der Waals surface area contributed by atoms with Crippen LogP contribution in [0.1, 0.15) is 25.3 Å². The molecule has 0 bridgehead atoms. The molecule has 1 aliphatic heterocycles. The van der Waals surface area contributed by atoms with Gasteiger partial charge in [-0.3, -0.25) is 9.79 Å². The lowest BCUT2D eigenvalue weighted by atomic mass is 10.2. The fourth-order valence-electron chi connectivity index (χ4n) is 3.42. The van der Waals surface area contributed by atoms with Gasteiger partial charge in [-0.25, -0.2) is 0 Å². The molecular formula is C23H32IN5O. The minimum atomic E-state index is 0. The first-order valence-corrected chi connectivity index (χ1v) is 10.4. The van der Waals surface area contributed by atoms with Crippen molar-refractivity contribution < 1.29 is 4.79 Å². The number of para-hydroxylation sites is 1. The Morgan fingerprint density at radius 3 is 2.47 bits per heavy atom. The SMILES string of the molecule is CCNC(=NCCC(=O)NCc1ccccc1)NC1CCN(c2ccccc2)C1.I. The van der Waals surface area contributed by atoms with Gasteiger partial charge in [-0.1, -0.05) is 48.5 Å². The van der Waals surface area contributed by atoms with Crippen LogP contribution in [-0.4, -0.2) is 44.1 Å². The number of carbonyl (C=O) groups is 1. The van der Waals surface area contributed by atoms with E-state index in [2.05, 4.69) is 57.0 Å². The summed E-state index contributed by atoms with van der Waals surface area (Å²) in [6, 6.07) is 20.8. The molecule has 1 atom stereocenters. The zero-order valence-corrected chi connectivity index (χ0v) is 19.8. The number of nitrogens with one attached hydrogen (secondary N) is 3. The fourth-order valence-corrected chi connectivity index (χ4v) is 3.42. The Hall–Kier alpha value is -2.29. The van der Waals surface area contributed by atoms with Crippen LogP contribution < -0.4 is 20.9 Å². The van der Waals surface area contributed by atoms with Gasteiger partial charge in [-0.2, -0.15) is 0 Å². The minimum Gasteiger partial charge on any atom is -0.369 e. The second kappa shape index (κ2) is 13.1. The molecule has 1 amide bonds. The van der Waals surface area contributed by atoms with Gasteiger partial charge in [0.25, 0.3) is 0 Å². The van der Waals surface area contributed by atoms with Crippen molar-refractivity contribution in [1.82, 2.24) is 16.0 Å². The Kier molecular flexibility index (Phi) is 10.5. The molecule has 3 rings (SSSR count). The second-order valence-corrected chi connectivity index (χ2v) is 7.18. The Balaban J connectivity index is 0.00000320. The minimum absolute atomic E-state index is 0. The zero-order valence-electron chi connectivity index (χ0n) is 17.5. The van der Waals surface area contributed by atoms with Gasteiger partial charge < -0.3 is 20.9 Å². The maximum atomic E-state index is 12.1. The molecule has 6 nitrogen and oxygen atoms in total. The van der Waals surface area contributed by atoms with Crippen molar-refractivity contribution >= 4 is 41.5 Å².